The Labute approximate surface area is 79.0 Å². The van der Waals surface area contributed by atoms with Gasteiger partial charge in [0, 0.05) is 0 Å². The Morgan fingerprint density at radius 1 is 1.46 bits per heavy atom. The van der Waals surface area contributed by atoms with Gasteiger partial charge in [-0.15, -0.1) is 0 Å². The third-order valence-corrected chi connectivity index (χ3v) is 1.21. The molecule has 0 amide bonds. The zero-order valence-electron chi connectivity index (χ0n) is 8.70. The van der Waals surface area contributed by atoms with Crippen LogP contribution in [0.4, 0.5) is 0 Å². The van der Waals surface area contributed by atoms with Gasteiger partial charge in [0.1, 0.15) is 6.54 Å². The van der Waals surface area contributed by atoms with Crippen LogP contribution in [0, 0.1) is 0 Å². The predicted octanol–water partition coefficient (Wildman–Crippen LogP) is 0.698. The molecule has 0 aliphatic heterocycles. The maximum absolute atomic E-state index is 10.9. The largest absolute Gasteiger partial charge is 0.506 e. The Morgan fingerprint density at radius 2 is 2.00 bits per heavy atom. The molecule has 0 fully saturated rings. The van der Waals surface area contributed by atoms with Crippen molar-refractivity contribution >= 4 is 5.97 Å². The van der Waals surface area contributed by atoms with Crippen LogP contribution < -0.4 is 0 Å². The second kappa shape index (κ2) is 4.87. The Bertz CT molecular complexity index is 203. The van der Waals surface area contributed by atoms with Gasteiger partial charge in [-0.3, -0.25) is 0 Å². The zero-order chi connectivity index (χ0) is 10.5. The molecule has 0 radical (unpaired) electrons. The van der Waals surface area contributed by atoms with Gasteiger partial charge in [-0.25, -0.2) is 4.79 Å². The molecule has 13 heavy (non-hydrogen) atoms. The van der Waals surface area contributed by atoms with Gasteiger partial charge in [0.2, 0.25) is 0 Å². The predicted molar refractivity (Wildman–Crippen MR) is 50.2 cm³/mol. The van der Waals surface area contributed by atoms with Crippen molar-refractivity contribution in [3.05, 3.63) is 11.8 Å². The van der Waals surface area contributed by atoms with Crippen molar-refractivity contribution in [1.82, 2.24) is 0 Å². The zero-order valence-corrected chi connectivity index (χ0v) is 8.70. The van der Waals surface area contributed by atoms with Crippen LogP contribution in [0.25, 0.3) is 0 Å². The molecule has 0 aromatic carbocycles. The van der Waals surface area contributed by atoms with Crippen LogP contribution in [0.1, 0.15) is 6.92 Å². The number of aliphatic hydroxyl groups is 1. The van der Waals surface area contributed by atoms with Crippen LogP contribution in [0.2, 0.25) is 0 Å². The average Bonchev–Trinajstić information content (AvgIpc) is 1.81. The summed E-state index contributed by atoms with van der Waals surface area (Å²) >= 11 is 0. The van der Waals surface area contributed by atoms with E-state index in [0.29, 0.717) is 17.6 Å². The summed E-state index contributed by atoms with van der Waals surface area (Å²) in [5.41, 5.74) is 0. The molecule has 0 aliphatic carbocycles. The molecule has 0 spiro atoms. The molecule has 1 N–H and O–H groups in total. The van der Waals surface area contributed by atoms with Crippen molar-refractivity contribution in [3.63, 3.8) is 0 Å². The number of carbonyl (C=O) groups excluding carboxylic acids is 1. The first-order valence-electron chi connectivity index (χ1n) is 4.22. The Hall–Kier alpha value is -1.03. The number of aliphatic hydroxyl groups excluding tert-OH is 1. The van der Waals surface area contributed by atoms with Crippen molar-refractivity contribution < 1.29 is 19.1 Å². The maximum atomic E-state index is 10.9. The lowest BCUT2D eigenvalue weighted by molar-refractivity contribution is -0.866. The number of hydrogen-bond donors (Lipinski definition) is 1. The first-order chi connectivity index (χ1) is 5.85. The van der Waals surface area contributed by atoms with Crippen molar-refractivity contribution in [3.8, 4) is 0 Å². The number of esters is 1. The smallest absolute Gasteiger partial charge is 0.334 e. The highest BCUT2D eigenvalue weighted by atomic mass is 16.5. The molecule has 4 nitrogen and oxygen atoms in total. The fourth-order valence-electron chi connectivity index (χ4n) is 0.852. The van der Waals surface area contributed by atoms with Gasteiger partial charge in [0.25, 0.3) is 0 Å². The summed E-state index contributed by atoms with van der Waals surface area (Å²) in [6.07, 6.45) is 1.12. The molecule has 4 heteroatoms. The lowest BCUT2D eigenvalue weighted by Gasteiger charge is -2.22. The number of nitrogens with zero attached hydrogens (tertiary/aromatic N) is 1. The lowest BCUT2D eigenvalue weighted by atomic mass is 10.4. The fourth-order valence-corrected chi connectivity index (χ4v) is 0.852. The van der Waals surface area contributed by atoms with E-state index >= 15 is 0 Å². The van der Waals surface area contributed by atoms with Gasteiger partial charge in [-0.2, -0.15) is 0 Å². The maximum Gasteiger partial charge on any atom is 0.334 e. The highest BCUT2D eigenvalue weighted by molar-refractivity contribution is 5.82. The van der Waals surface area contributed by atoms with Crippen molar-refractivity contribution in [2.24, 2.45) is 0 Å². The monoisotopic (exact) mass is 188 g/mol. The molecule has 0 saturated heterocycles. The topological polar surface area (TPSA) is 46.5 Å². The average molecular weight is 188 g/mol. The summed E-state index contributed by atoms with van der Waals surface area (Å²) in [5.74, 6) is -0.445. The van der Waals surface area contributed by atoms with Crippen LogP contribution in [0.15, 0.2) is 11.8 Å². The molecule has 0 rings (SSSR count). The van der Waals surface area contributed by atoms with E-state index in [1.807, 2.05) is 21.1 Å². The molecule has 0 aromatic heterocycles. The molecule has 0 unspecified atom stereocenters. The minimum Gasteiger partial charge on any atom is -0.506 e. The Kier molecular flexibility index (Phi) is 4.48. The standard InChI is InChI=1S/C9H17NO3/c1-5-13-9(12)6-8(11)7-10(2,3)4/h6H,5,7H2,1-4H3/p+1. The highest BCUT2D eigenvalue weighted by Gasteiger charge is 2.11. The number of rotatable bonds is 4. The second-order valence-corrected chi connectivity index (χ2v) is 3.84. The molecule has 0 heterocycles. The van der Waals surface area contributed by atoms with Crippen LogP contribution in [-0.2, 0) is 9.53 Å². The van der Waals surface area contributed by atoms with E-state index in [1.54, 1.807) is 6.92 Å². The molecule has 0 saturated carbocycles. The SMILES string of the molecule is CCOC(=O)C=C(O)C[N+](C)(C)C. The van der Waals surface area contributed by atoms with E-state index in [0.717, 1.165) is 6.08 Å². The Morgan fingerprint density at radius 3 is 2.38 bits per heavy atom. The minimum absolute atomic E-state index is 0.0472. The summed E-state index contributed by atoms with van der Waals surface area (Å²) in [4.78, 5) is 10.9. The summed E-state index contributed by atoms with van der Waals surface area (Å²) in [5, 5.41) is 9.33. The van der Waals surface area contributed by atoms with Crippen LogP contribution >= 0.6 is 0 Å². The van der Waals surface area contributed by atoms with E-state index < -0.39 is 5.97 Å². The van der Waals surface area contributed by atoms with Gasteiger partial charge in [0.15, 0.2) is 5.76 Å². The van der Waals surface area contributed by atoms with E-state index in [-0.39, 0.29) is 5.76 Å². The van der Waals surface area contributed by atoms with Crippen molar-refractivity contribution in [2.75, 3.05) is 34.3 Å². The second-order valence-electron chi connectivity index (χ2n) is 3.84. The van der Waals surface area contributed by atoms with Crippen molar-refractivity contribution in [2.45, 2.75) is 6.92 Å². The number of ether oxygens (including phenoxy) is 1. The lowest BCUT2D eigenvalue weighted by Crippen LogP contribution is -2.36. The fraction of sp³-hybridized carbons (Fsp3) is 0.667. The number of likely N-dealkylation sites (N-methyl/N-ethyl adjacent to an activating group) is 1. The number of carbonyl (C=O) groups is 1. The van der Waals surface area contributed by atoms with E-state index in [9.17, 15) is 9.90 Å². The van der Waals surface area contributed by atoms with Crippen LogP contribution in [-0.4, -0.2) is 49.9 Å². The number of hydrogen-bond acceptors (Lipinski definition) is 3. The van der Waals surface area contributed by atoms with Gasteiger partial charge in [0.05, 0.1) is 33.8 Å². The van der Waals surface area contributed by atoms with Gasteiger partial charge in [-0.05, 0) is 6.92 Å². The molecule has 0 aliphatic rings. The van der Waals surface area contributed by atoms with Gasteiger partial charge < -0.3 is 14.3 Å². The molecular formula is C9H18NO3+. The summed E-state index contributed by atoms with van der Waals surface area (Å²) in [7, 11) is 5.78. The Balaban J connectivity index is 4.09. The highest BCUT2D eigenvalue weighted by Crippen LogP contribution is 1.98. The van der Waals surface area contributed by atoms with Crippen LogP contribution in [0.3, 0.4) is 0 Å². The molecule has 0 atom stereocenters. The quantitative estimate of drug-likeness (QED) is 0.306. The summed E-state index contributed by atoms with van der Waals surface area (Å²) in [6, 6.07) is 0. The van der Waals surface area contributed by atoms with E-state index in [2.05, 4.69) is 4.74 Å². The summed E-state index contributed by atoms with van der Waals surface area (Å²) < 4.78 is 5.22. The number of quaternary nitrogens is 1. The molecular weight excluding hydrogens is 170 g/mol. The normalized spacial score (nSPS) is 12.8. The minimum atomic E-state index is -0.492. The first-order valence-corrected chi connectivity index (χ1v) is 4.22. The molecule has 0 aromatic rings. The van der Waals surface area contributed by atoms with E-state index in [1.165, 1.54) is 0 Å². The van der Waals surface area contributed by atoms with Crippen molar-refractivity contribution in [1.29, 1.82) is 0 Å². The summed E-state index contributed by atoms with van der Waals surface area (Å²) in [6.45, 7) is 2.47. The molecule has 76 valence electrons. The van der Waals surface area contributed by atoms with E-state index in [4.69, 9.17) is 0 Å². The van der Waals surface area contributed by atoms with Gasteiger partial charge in [-0.1, -0.05) is 0 Å². The van der Waals surface area contributed by atoms with Gasteiger partial charge >= 0.3 is 5.97 Å². The van der Waals surface area contributed by atoms with Crippen LogP contribution in [0.5, 0.6) is 0 Å². The third kappa shape index (κ3) is 7.33. The first kappa shape index (κ1) is 12.0. The third-order valence-electron chi connectivity index (χ3n) is 1.21. The molecule has 0 bridgehead atoms.